The molecule has 0 amide bonds. The van der Waals surface area contributed by atoms with Crippen LogP contribution in [0, 0.1) is 13.8 Å². The topological polar surface area (TPSA) is 89.5 Å². The van der Waals surface area contributed by atoms with Crippen LogP contribution in [0.1, 0.15) is 38.8 Å². The molecule has 4 aromatic carbocycles. The third-order valence-electron chi connectivity index (χ3n) is 6.69. The van der Waals surface area contributed by atoms with E-state index < -0.39 is 14.5 Å². The molecule has 48 heavy (non-hydrogen) atoms. The molecule has 0 aromatic heterocycles. The van der Waals surface area contributed by atoms with Crippen molar-refractivity contribution in [3.63, 3.8) is 0 Å². The zero-order valence-electron chi connectivity index (χ0n) is 28.8. The summed E-state index contributed by atoms with van der Waals surface area (Å²) >= 11 is 8.82. The van der Waals surface area contributed by atoms with E-state index in [0.29, 0.717) is 31.7 Å². The average Bonchev–Trinajstić information content (AvgIpc) is 3.06. The van der Waals surface area contributed by atoms with E-state index >= 15 is 0 Å². The number of halogens is 2. The molecule has 0 bridgehead atoms. The van der Waals surface area contributed by atoms with Crippen molar-refractivity contribution >= 4 is 47.0 Å². The minimum atomic E-state index is -3.38. The van der Waals surface area contributed by atoms with Gasteiger partial charge in [-0.1, -0.05) is 76.6 Å². The first-order valence-electron chi connectivity index (χ1n) is 15.5. The van der Waals surface area contributed by atoms with Gasteiger partial charge in [-0.3, -0.25) is 13.6 Å². The molecule has 0 N–H and O–H groups in total. The van der Waals surface area contributed by atoms with Gasteiger partial charge < -0.3 is 18.5 Å². The van der Waals surface area contributed by atoms with Gasteiger partial charge in [0.25, 0.3) is 0 Å². The van der Waals surface area contributed by atoms with E-state index in [1.54, 1.807) is 34.1 Å². The molecule has 0 aliphatic rings. The van der Waals surface area contributed by atoms with Gasteiger partial charge in [0.2, 0.25) is 0 Å². The number of hydrogen-bond acceptors (Lipinski definition) is 8. The highest BCUT2D eigenvalue weighted by atomic mass is 79.9. The maximum absolute atomic E-state index is 13.2. The van der Waals surface area contributed by atoms with Crippen molar-refractivity contribution in [2.45, 2.75) is 41.5 Å². The maximum atomic E-state index is 13.2. The summed E-state index contributed by atoms with van der Waals surface area (Å²) in [5, 5.41) is 0.566. The third-order valence-corrected chi connectivity index (χ3v) is 11.3. The number of benzene rings is 4. The molecule has 0 atom stereocenters. The fourth-order valence-electron chi connectivity index (χ4n) is 4.76. The second kappa shape index (κ2) is 20.9. The van der Waals surface area contributed by atoms with Gasteiger partial charge in [-0.05, 0) is 82.5 Å². The van der Waals surface area contributed by atoms with E-state index in [1.807, 2.05) is 87.5 Å². The van der Waals surface area contributed by atoms with Crippen molar-refractivity contribution in [3.05, 3.63) is 101 Å². The molecular weight excluding hydrogens is 738 g/mol. The van der Waals surface area contributed by atoms with E-state index in [-0.39, 0.29) is 0 Å². The highest BCUT2D eigenvalue weighted by molar-refractivity contribution is 9.10. The van der Waals surface area contributed by atoms with Crippen molar-refractivity contribution in [2.24, 2.45) is 0 Å². The van der Waals surface area contributed by atoms with E-state index in [0.717, 1.165) is 43.8 Å². The molecule has 262 valence electrons. The van der Waals surface area contributed by atoms with Crippen LogP contribution in [-0.2, 0) is 27.2 Å². The summed E-state index contributed by atoms with van der Waals surface area (Å²) in [7, 11) is -0.0465. The number of aryl methyl sites for hydroxylation is 2. The molecule has 12 heteroatoms. The minimum Gasteiger partial charge on any atom is -0.496 e. The number of rotatable bonds is 13. The van der Waals surface area contributed by atoms with Gasteiger partial charge in [0.1, 0.15) is 11.5 Å². The first kappa shape index (κ1) is 41.7. The first-order chi connectivity index (χ1) is 22.9. The molecule has 0 aliphatic carbocycles. The highest BCUT2D eigenvalue weighted by Crippen LogP contribution is 2.53. The Morgan fingerprint density at radius 2 is 1.00 bits per heavy atom. The van der Waals surface area contributed by atoms with Crippen molar-refractivity contribution in [1.82, 2.24) is 0 Å². The van der Waals surface area contributed by atoms with Crippen LogP contribution < -0.4 is 14.8 Å². The third kappa shape index (κ3) is 11.9. The Hall–Kier alpha value is -2.45. The molecule has 0 spiro atoms. The molecule has 0 saturated heterocycles. The largest absolute Gasteiger partial charge is 0.496 e. The molecule has 0 aliphatic heterocycles. The van der Waals surface area contributed by atoms with E-state index in [1.165, 1.54) is 5.56 Å². The van der Waals surface area contributed by atoms with Gasteiger partial charge in [0.05, 0.1) is 46.0 Å². The smallest absolute Gasteiger partial charge is 0.424 e. The van der Waals surface area contributed by atoms with E-state index in [2.05, 4.69) is 44.0 Å². The van der Waals surface area contributed by atoms with Gasteiger partial charge in [-0.15, -0.1) is 0 Å². The summed E-state index contributed by atoms with van der Waals surface area (Å²) < 4.78 is 56.2. The summed E-state index contributed by atoms with van der Waals surface area (Å²) in [5.41, 5.74) is 6.29. The van der Waals surface area contributed by atoms with Crippen LogP contribution >= 0.6 is 41.7 Å². The van der Waals surface area contributed by atoms with E-state index in [9.17, 15) is 9.13 Å². The van der Waals surface area contributed by atoms with Gasteiger partial charge in [0.15, 0.2) is 0 Å². The molecule has 8 nitrogen and oxygen atoms in total. The van der Waals surface area contributed by atoms with Crippen molar-refractivity contribution in [3.8, 4) is 33.8 Å². The Labute approximate surface area is 299 Å². The van der Waals surface area contributed by atoms with E-state index in [4.69, 9.17) is 29.8 Å². The van der Waals surface area contributed by atoms with Crippen LogP contribution in [-0.4, -0.2) is 40.6 Å². The molecule has 4 rings (SSSR count). The van der Waals surface area contributed by atoms with Crippen LogP contribution in [0.2, 0.25) is 0 Å². The Bertz CT molecular complexity index is 1660. The first-order valence-corrected chi connectivity index (χ1v) is 20.3. The molecule has 0 unspecified atom stereocenters. The Balaban J connectivity index is 0.000000277. The Morgan fingerprint density at radius 3 is 1.44 bits per heavy atom. The summed E-state index contributed by atoms with van der Waals surface area (Å²) in [6.45, 7) is 9.14. The molecular formula is C36H46BrClO8P2. The fourth-order valence-corrected chi connectivity index (χ4v) is 8.30. The Morgan fingerprint density at radius 1 is 0.583 bits per heavy atom. The summed E-state index contributed by atoms with van der Waals surface area (Å²) in [5.74, 6) is 1.64. The zero-order chi connectivity index (χ0) is 35.7. The number of ether oxygens (including phenoxy) is 2. The fraction of sp³-hybridized carbons (Fsp3) is 0.333. The van der Waals surface area contributed by atoms with Crippen LogP contribution in [0.5, 0.6) is 11.5 Å². The molecule has 0 fully saturated rings. The molecule has 4 aromatic rings. The van der Waals surface area contributed by atoms with Crippen molar-refractivity contribution in [1.29, 1.82) is 0 Å². The SMILES string of the molecule is CCOP(=O)(Cl)OCC.CCOP(=O)(OCC)c1ccccc1-c1c(C)cccc1OC.COc1cccc(C)c1-c1ccccc1Br. The van der Waals surface area contributed by atoms with Gasteiger partial charge in [-0.2, -0.15) is 0 Å². The lowest BCUT2D eigenvalue weighted by atomic mass is 9.99. The summed E-state index contributed by atoms with van der Waals surface area (Å²) in [6.07, 6.45) is 0. The minimum absolute atomic E-state index is 0.306. The van der Waals surface area contributed by atoms with Crippen LogP contribution in [0.25, 0.3) is 22.3 Å². The second-order valence-electron chi connectivity index (χ2n) is 9.90. The van der Waals surface area contributed by atoms with Crippen LogP contribution in [0.15, 0.2) is 89.4 Å². The molecule has 0 saturated carbocycles. The summed E-state index contributed by atoms with van der Waals surface area (Å²) in [6, 6.07) is 27.6. The number of methoxy groups -OCH3 is 2. The standard InChI is InChI=1S/C18H23O4P.C14H13BrO.C4H10ClO3P/c1-5-21-23(19,22-6-2)17-13-8-7-11-15(17)18-14(3)10-9-12-16(18)20-4;1-10-6-5-9-13(16-2)14(10)11-7-3-4-8-12(11)15;1-3-7-9(5,6)8-4-2/h7-13H,5-6H2,1-4H3;3-9H,1-2H3;3-4H2,1-2H3. The monoisotopic (exact) mass is 782 g/mol. The second-order valence-corrected chi connectivity index (χ2v) is 15.4. The molecule has 0 heterocycles. The van der Waals surface area contributed by atoms with Gasteiger partial charge >= 0.3 is 14.5 Å². The molecule has 0 radical (unpaired) electrons. The highest BCUT2D eigenvalue weighted by Gasteiger charge is 2.31. The lowest BCUT2D eigenvalue weighted by molar-refractivity contribution is 0.230. The van der Waals surface area contributed by atoms with Crippen molar-refractivity contribution < 1.29 is 36.7 Å². The van der Waals surface area contributed by atoms with Crippen LogP contribution in [0.3, 0.4) is 0 Å². The normalized spacial score (nSPS) is 11.1. The maximum Gasteiger partial charge on any atom is 0.424 e. The Kier molecular flexibility index (Phi) is 18.2. The van der Waals surface area contributed by atoms with Crippen molar-refractivity contribution in [2.75, 3.05) is 40.6 Å². The quantitative estimate of drug-likeness (QED) is 0.124. The predicted molar refractivity (Wildman–Crippen MR) is 201 cm³/mol. The van der Waals surface area contributed by atoms with Gasteiger partial charge in [-0.25, -0.2) is 4.57 Å². The lowest BCUT2D eigenvalue weighted by Crippen LogP contribution is -2.14. The number of hydrogen-bond donors (Lipinski definition) is 0. The average molecular weight is 784 g/mol. The predicted octanol–water partition coefficient (Wildman–Crippen LogP) is 11.4. The lowest BCUT2D eigenvalue weighted by Gasteiger charge is -2.21. The summed E-state index contributed by atoms with van der Waals surface area (Å²) in [4.78, 5) is 0. The van der Waals surface area contributed by atoms with Gasteiger partial charge in [0, 0.05) is 32.4 Å². The van der Waals surface area contributed by atoms with Crippen LogP contribution in [0.4, 0.5) is 0 Å². The zero-order valence-corrected chi connectivity index (χ0v) is 33.0.